The Bertz CT molecular complexity index is 559. The number of nitrogens with two attached hydrogens (primary N) is 1. The Hall–Kier alpha value is -0.790. The average Bonchev–Trinajstić information content (AvgIpc) is 2.87. The van der Waals surface area contributed by atoms with Crippen molar-refractivity contribution in [2.75, 3.05) is 6.54 Å². The van der Waals surface area contributed by atoms with Crippen LogP contribution in [-0.2, 0) is 6.42 Å². The lowest BCUT2D eigenvalue weighted by atomic mass is 10.1. The van der Waals surface area contributed by atoms with Crippen LogP contribution in [0.25, 0.3) is 11.5 Å². The maximum Gasteiger partial charge on any atom is 0.227 e. The van der Waals surface area contributed by atoms with Crippen molar-refractivity contribution in [1.29, 1.82) is 0 Å². The molecule has 0 atom stereocenters. The molecule has 0 unspecified atom stereocenters. The third-order valence-electron chi connectivity index (χ3n) is 2.83. The van der Waals surface area contributed by atoms with Crippen LogP contribution in [0.15, 0.2) is 25.7 Å². The van der Waals surface area contributed by atoms with Crippen LogP contribution < -0.4 is 5.73 Å². The van der Waals surface area contributed by atoms with Gasteiger partial charge in [-0.15, -0.1) is 0 Å². The van der Waals surface area contributed by atoms with Gasteiger partial charge in [0.2, 0.25) is 11.7 Å². The first-order valence-electron chi connectivity index (χ1n) is 6.55. The zero-order valence-electron chi connectivity index (χ0n) is 11.0. The molecular formula is C13H16Br2N4O. The van der Waals surface area contributed by atoms with E-state index in [-0.39, 0.29) is 0 Å². The molecule has 0 radical (unpaired) electrons. The van der Waals surface area contributed by atoms with Gasteiger partial charge in [0, 0.05) is 21.6 Å². The summed E-state index contributed by atoms with van der Waals surface area (Å²) < 4.78 is 6.99. The Morgan fingerprint density at radius 3 is 2.70 bits per heavy atom. The summed E-state index contributed by atoms with van der Waals surface area (Å²) in [7, 11) is 0. The van der Waals surface area contributed by atoms with Gasteiger partial charge in [-0.25, -0.2) is 0 Å². The highest BCUT2D eigenvalue weighted by atomic mass is 79.9. The van der Waals surface area contributed by atoms with Crippen molar-refractivity contribution in [2.24, 2.45) is 5.73 Å². The average molecular weight is 404 g/mol. The van der Waals surface area contributed by atoms with Gasteiger partial charge in [-0.1, -0.05) is 18.0 Å². The summed E-state index contributed by atoms with van der Waals surface area (Å²) in [4.78, 5) is 8.67. The molecule has 0 aliphatic heterocycles. The van der Waals surface area contributed by atoms with Crippen LogP contribution >= 0.6 is 31.9 Å². The van der Waals surface area contributed by atoms with Crippen LogP contribution in [0.1, 0.15) is 31.6 Å². The monoisotopic (exact) mass is 402 g/mol. The van der Waals surface area contributed by atoms with Gasteiger partial charge in [0.15, 0.2) is 0 Å². The highest BCUT2D eigenvalue weighted by Crippen LogP contribution is 2.26. The Kier molecular flexibility index (Phi) is 6.12. The van der Waals surface area contributed by atoms with E-state index in [9.17, 15) is 0 Å². The predicted octanol–water partition coefficient (Wildman–Crippen LogP) is 3.72. The Morgan fingerprint density at radius 1 is 1.15 bits per heavy atom. The van der Waals surface area contributed by atoms with Crippen LogP contribution in [-0.4, -0.2) is 21.7 Å². The first kappa shape index (κ1) is 15.6. The summed E-state index contributed by atoms with van der Waals surface area (Å²) >= 11 is 6.81. The topological polar surface area (TPSA) is 77.8 Å². The molecule has 0 saturated carbocycles. The third kappa shape index (κ3) is 4.36. The molecule has 20 heavy (non-hydrogen) atoms. The SMILES string of the molecule is NCCCCCCc1nc(-c2ncc(Br)cc2Br)no1. The molecule has 0 saturated heterocycles. The molecule has 108 valence electrons. The van der Waals surface area contributed by atoms with Crippen LogP contribution in [0.3, 0.4) is 0 Å². The Morgan fingerprint density at radius 2 is 1.95 bits per heavy atom. The molecule has 0 bridgehead atoms. The summed E-state index contributed by atoms with van der Waals surface area (Å²) in [6.45, 7) is 0.758. The van der Waals surface area contributed by atoms with Gasteiger partial charge in [-0.05, 0) is 57.3 Å². The number of hydrogen-bond acceptors (Lipinski definition) is 5. The lowest BCUT2D eigenvalue weighted by Gasteiger charge is -1.98. The van der Waals surface area contributed by atoms with Gasteiger partial charge in [-0.2, -0.15) is 4.98 Å². The number of unbranched alkanes of at least 4 members (excludes halogenated alkanes) is 3. The Labute approximate surface area is 134 Å². The molecule has 0 amide bonds. The van der Waals surface area contributed by atoms with Gasteiger partial charge in [0.25, 0.3) is 0 Å². The fraction of sp³-hybridized carbons (Fsp3) is 0.462. The van der Waals surface area contributed by atoms with E-state index in [0.717, 1.165) is 47.6 Å². The van der Waals surface area contributed by atoms with Gasteiger partial charge in [-0.3, -0.25) is 4.98 Å². The van der Waals surface area contributed by atoms with E-state index in [1.54, 1.807) is 6.20 Å². The van der Waals surface area contributed by atoms with Gasteiger partial charge in [0.1, 0.15) is 5.69 Å². The molecule has 0 aliphatic carbocycles. The van der Waals surface area contributed by atoms with Crippen molar-refractivity contribution < 1.29 is 4.52 Å². The molecular weight excluding hydrogens is 388 g/mol. The molecule has 2 aromatic rings. The second kappa shape index (κ2) is 7.85. The normalized spacial score (nSPS) is 10.9. The van der Waals surface area contributed by atoms with E-state index in [0.29, 0.717) is 17.4 Å². The lowest BCUT2D eigenvalue weighted by molar-refractivity contribution is 0.374. The van der Waals surface area contributed by atoms with Crippen LogP contribution in [0.2, 0.25) is 0 Å². The zero-order valence-corrected chi connectivity index (χ0v) is 14.2. The largest absolute Gasteiger partial charge is 0.339 e. The predicted molar refractivity (Wildman–Crippen MR) is 84.2 cm³/mol. The smallest absolute Gasteiger partial charge is 0.227 e. The summed E-state index contributed by atoms with van der Waals surface area (Å²) in [5.74, 6) is 1.17. The van der Waals surface area contributed by atoms with E-state index < -0.39 is 0 Å². The van der Waals surface area contributed by atoms with Crippen LogP contribution in [0.4, 0.5) is 0 Å². The minimum absolute atomic E-state index is 0.515. The van der Waals surface area contributed by atoms with Crippen LogP contribution in [0.5, 0.6) is 0 Å². The van der Waals surface area contributed by atoms with Crippen molar-refractivity contribution in [3.63, 3.8) is 0 Å². The highest BCUT2D eigenvalue weighted by molar-refractivity contribution is 9.11. The van der Waals surface area contributed by atoms with Crippen molar-refractivity contribution in [1.82, 2.24) is 15.1 Å². The fourth-order valence-electron chi connectivity index (χ4n) is 1.81. The summed E-state index contributed by atoms with van der Waals surface area (Å²) in [6, 6.07) is 1.91. The quantitative estimate of drug-likeness (QED) is 0.712. The highest BCUT2D eigenvalue weighted by Gasteiger charge is 2.13. The first-order chi connectivity index (χ1) is 9.70. The van der Waals surface area contributed by atoms with E-state index in [1.165, 1.54) is 0 Å². The molecule has 2 N–H and O–H groups in total. The molecule has 2 aromatic heterocycles. The van der Waals surface area contributed by atoms with Gasteiger partial charge < -0.3 is 10.3 Å². The maximum atomic E-state index is 5.46. The molecule has 0 fully saturated rings. The van der Waals surface area contributed by atoms with Crippen molar-refractivity contribution in [2.45, 2.75) is 32.1 Å². The minimum atomic E-state index is 0.515. The molecule has 0 aliphatic rings. The molecule has 0 aromatic carbocycles. The van der Waals surface area contributed by atoms with Gasteiger partial charge in [0.05, 0.1) is 0 Å². The number of nitrogens with zero attached hydrogens (tertiary/aromatic N) is 3. The second-order valence-corrected chi connectivity index (χ2v) is 6.22. The third-order valence-corrected chi connectivity index (χ3v) is 3.87. The lowest BCUT2D eigenvalue weighted by Crippen LogP contribution is -1.97. The molecule has 0 spiro atoms. The second-order valence-electron chi connectivity index (χ2n) is 4.45. The van der Waals surface area contributed by atoms with E-state index >= 15 is 0 Å². The molecule has 7 heteroatoms. The zero-order chi connectivity index (χ0) is 14.4. The molecule has 2 heterocycles. The number of pyridine rings is 1. The number of hydrogen-bond donors (Lipinski definition) is 1. The maximum absolute atomic E-state index is 5.46. The standard InChI is InChI=1S/C13H16Br2N4O/c14-9-7-10(15)12(17-8-9)13-18-11(20-19-13)5-3-1-2-4-6-16/h7-8H,1-6,16H2. The first-order valence-corrected chi connectivity index (χ1v) is 8.13. The van der Waals surface area contributed by atoms with E-state index in [2.05, 4.69) is 47.0 Å². The molecule has 2 rings (SSSR count). The Balaban J connectivity index is 1.95. The van der Waals surface area contributed by atoms with Crippen molar-refractivity contribution >= 4 is 31.9 Å². The number of rotatable bonds is 7. The van der Waals surface area contributed by atoms with Crippen LogP contribution in [0, 0.1) is 0 Å². The van der Waals surface area contributed by atoms with E-state index in [4.69, 9.17) is 10.3 Å². The van der Waals surface area contributed by atoms with Crippen molar-refractivity contribution in [3.05, 3.63) is 27.1 Å². The van der Waals surface area contributed by atoms with Crippen molar-refractivity contribution in [3.8, 4) is 11.5 Å². The summed E-state index contributed by atoms with van der Waals surface area (Å²) in [6.07, 6.45) is 6.91. The summed E-state index contributed by atoms with van der Waals surface area (Å²) in [5.41, 5.74) is 6.15. The number of halogens is 2. The fourth-order valence-corrected chi connectivity index (χ4v) is 2.97. The summed E-state index contributed by atoms with van der Waals surface area (Å²) in [5, 5.41) is 3.98. The van der Waals surface area contributed by atoms with Gasteiger partial charge >= 0.3 is 0 Å². The number of aryl methyl sites for hydroxylation is 1. The van der Waals surface area contributed by atoms with E-state index in [1.807, 2.05) is 6.07 Å². The number of aromatic nitrogens is 3. The minimum Gasteiger partial charge on any atom is -0.339 e. The molecule has 5 nitrogen and oxygen atoms in total.